The molecule has 0 unspecified atom stereocenters. The Morgan fingerprint density at radius 3 is 2.84 bits per heavy atom. The summed E-state index contributed by atoms with van der Waals surface area (Å²) in [5, 5.41) is 11.5. The van der Waals surface area contributed by atoms with Crippen molar-refractivity contribution in [1.82, 2.24) is 30.0 Å². The molecule has 0 atom stereocenters. The topological polar surface area (TPSA) is 93.0 Å². The maximum atomic E-state index is 12.8. The highest BCUT2D eigenvalue weighted by Crippen LogP contribution is 2.21. The van der Waals surface area contributed by atoms with Gasteiger partial charge in [0.25, 0.3) is 0 Å². The van der Waals surface area contributed by atoms with Crippen LogP contribution in [0.1, 0.15) is 55.7 Å². The van der Waals surface area contributed by atoms with Crippen molar-refractivity contribution in [2.75, 3.05) is 13.1 Å². The average Bonchev–Trinajstić information content (AvgIpc) is 3.06. The third-order valence-electron chi connectivity index (χ3n) is 6.03. The lowest BCUT2D eigenvalue weighted by molar-refractivity contribution is -0.130. The van der Waals surface area contributed by atoms with Crippen molar-refractivity contribution in [3.8, 4) is 0 Å². The summed E-state index contributed by atoms with van der Waals surface area (Å²) in [4.78, 5) is 31.0. The summed E-state index contributed by atoms with van der Waals surface area (Å²) < 4.78 is 2.05. The van der Waals surface area contributed by atoms with E-state index in [2.05, 4.69) is 31.1 Å². The first kappa shape index (κ1) is 21.2. The van der Waals surface area contributed by atoms with E-state index in [4.69, 9.17) is 0 Å². The zero-order valence-electron chi connectivity index (χ0n) is 17.9. The average molecular weight is 423 g/mol. The van der Waals surface area contributed by atoms with Crippen LogP contribution in [0.25, 0.3) is 0 Å². The Balaban J connectivity index is 1.27. The molecular formula is C23H30N6O2. The number of hydrogen-bond donors (Lipinski definition) is 1. The number of carbonyl (C=O) groups is 2. The number of allylic oxidation sites excluding steroid dienone is 1. The molecule has 0 saturated carbocycles. The van der Waals surface area contributed by atoms with Crippen molar-refractivity contribution >= 4 is 11.8 Å². The fraction of sp³-hybridized carbons (Fsp3) is 0.522. The molecule has 2 aromatic rings. The maximum absolute atomic E-state index is 12.8. The third kappa shape index (κ3) is 5.77. The van der Waals surface area contributed by atoms with Gasteiger partial charge in [-0.15, -0.1) is 10.2 Å². The highest BCUT2D eigenvalue weighted by molar-refractivity contribution is 5.78. The number of pyridine rings is 1. The molecule has 4 rings (SSSR count). The van der Waals surface area contributed by atoms with Gasteiger partial charge >= 0.3 is 0 Å². The van der Waals surface area contributed by atoms with Gasteiger partial charge in [0.2, 0.25) is 11.8 Å². The van der Waals surface area contributed by atoms with Crippen LogP contribution >= 0.6 is 0 Å². The molecule has 2 amide bonds. The smallest absolute Gasteiger partial charge is 0.226 e. The van der Waals surface area contributed by atoms with Gasteiger partial charge in [-0.2, -0.15) is 0 Å². The lowest BCUT2D eigenvalue weighted by Gasteiger charge is -2.22. The number of amides is 2. The maximum Gasteiger partial charge on any atom is 0.226 e. The predicted molar refractivity (Wildman–Crippen MR) is 116 cm³/mol. The van der Waals surface area contributed by atoms with E-state index in [1.54, 1.807) is 12.4 Å². The first-order chi connectivity index (χ1) is 15.2. The molecule has 1 N–H and O–H groups in total. The van der Waals surface area contributed by atoms with Crippen LogP contribution in [0, 0.1) is 0 Å². The van der Waals surface area contributed by atoms with Gasteiger partial charge in [-0.3, -0.25) is 14.6 Å². The van der Waals surface area contributed by atoms with E-state index in [0.717, 1.165) is 30.1 Å². The molecule has 31 heavy (non-hydrogen) atoms. The minimum atomic E-state index is -0.0209. The van der Waals surface area contributed by atoms with Gasteiger partial charge in [-0.05, 0) is 43.7 Å². The number of hydrogen-bond acceptors (Lipinski definition) is 5. The number of rotatable bonds is 7. The monoisotopic (exact) mass is 422 g/mol. The van der Waals surface area contributed by atoms with E-state index in [1.807, 2.05) is 17.0 Å². The van der Waals surface area contributed by atoms with Gasteiger partial charge in [-0.1, -0.05) is 17.7 Å². The Kier molecular flexibility index (Phi) is 7.07. The molecule has 8 heteroatoms. The molecule has 0 bridgehead atoms. The van der Waals surface area contributed by atoms with Crippen LogP contribution in [0.2, 0.25) is 0 Å². The summed E-state index contributed by atoms with van der Waals surface area (Å²) in [5.41, 5.74) is 2.33. The largest absolute Gasteiger partial charge is 0.349 e. The molecule has 1 aliphatic carbocycles. The van der Waals surface area contributed by atoms with Crippen LogP contribution in [0.5, 0.6) is 0 Å². The highest BCUT2D eigenvalue weighted by Gasteiger charge is 2.22. The van der Waals surface area contributed by atoms with Crippen LogP contribution in [0.15, 0.2) is 36.2 Å². The van der Waals surface area contributed by atoms with Gasteiger partial charge < -0.3 is 14.8 Å². The fourth-order valence-corrected chi connectivity index (χ4v) is 4.20. The normalized spacial score (nSPS) is 16.3. The molecule has 164 valence electrons. The molecule has 0 radical (unpaired) electrons. The standard InChI is InChI=1S/C23H30N6O2/c30-22(9-8-19-7-4-11-24-16-19)25-17-21-27-26-20-10-12-28(13-14-29(20)21)23(31)15-18-5-2-1-3-6-18/h4-5,7,11,16H,1-3,6,8-10,12-15,17H2,(H,25,30). The van der Waals surface area contributed by atoms with E-state index in [1.165, 1.54) is 18.4 Å². The number of aromatic nitrogens is 4. The van der Waals surface area contributed by atoms with E-state index < -0.39 is 0 Å². The zero-order chi connectivity index (χ0) is 21.5. The van der Waals surface area contributed by atoms with Crippen LogP contribution in [-0.2, 0) is 35.5 Å². The van der Waals surface area contributed by atoms with Crippen molar-refractivity contribution in [2.24, 2.45) is 0 Å². The lowest BCUT2D eigenvalue weighted by atomic mass is 9.97. The minimum Gasteiger partial charge on any atom is -0.349 e. The molecule has 0 saturated heterocycles. The Hall–Kier alpha value is -3.03. The second-order valence-corrected chi connectivity index (χ2v) is 8.24. The van der Waals surface area contributed by atoms with Crippen LogP contribution < -0.4 is 5.32 Å². The summed E-state index contributed by atoms with van der Waals surface area (Å²) in [6, 6.07) is 3.84. The van der Waals surface area contributed by atoms with Gasteiger partial charge in [-0.25, -0.2) is 0 Å². The quantitative estimate of drug-likeness (QED) is 0.691. The molecule has 0 fully saturated rings. The summed E-state index contributed by atoms with van der Waals surface area (Å²) in [6.07, 6.45) is 12.6. The zero-order valence-corrected chi connectivity index (χ0v) is 17.9. The first-order valence-electron chi connectivity index (χ1n) is 11.2. The molecular weight excluding hydrogens is 392 g/mol. The summed E-state index contributed by atoms with van der Waals surface area (Å²) in [7, 11) is 0. The van der Waals surface area contributed by atoms with Crippen molar-refractivity contribution in [2.45, 2.75) is 64.5 Å². The van der Waals surface area contributed by atoms with Crippen molar-refractivity contribution in [1.29, 1.82) is 0 Å². The number of nitrogens with zero attached hydrogens (tertiary/aromatic N) is 5. The van der Waals surface area contributed by atoms with E-state index in [0.29, 0.717) is 51.9 Å². The lowest BCUT2D eigenvalue weighted by Crippen LogP contribution is -2.34. The van der Waals surface area contributed by atoms with Crippen LogP contribution in [-0.4, -0.2) is 49.6 Å². The van der Waals surface area contributed by atoms with E-state index >= 15 is 0 Å². The van der Waals surface area contributed by atoms with Gasteiger partial charge in [0, 0.05) is 51.3 Å². The SMILES string of the molecule is O=C(CCc1cccnc1)NCc1nnc2n1CCN(C(=O)CC1=CCCCC1)CC2. The number of carbonyl (C=O) groups excluding carboxylic acids is 2. The summed E-state index contributed by atoms with van der Waals surface area (Å²) >= 11 is 0. The first-order valence-corrected chi connectivity index (χ1v) is 11.2. The number of nitrogens with one attached hydrogen (secondary N) is 1. The molecule has 0 aromatic carbocycles. The number of aryl methyl sites for hydroxylation is 1. The minimum absolute atomic E-state index is 0.0209. The highest BCUT2D eigenvalue weighted by atomic mass is 16.2. The Labute approximate surface area is 182 Å². The number of fused-ring (bicyclic) bond motifs is 1. The van der Waals surface area contributed by atoms with E-state index in [9.17, 15) is 9.59 Å². The second-order valence-electron chi connectivity index (χ2n) is 8.24. The van der Waals surface area contributed by atoms with Gasteiger partial charge in [0.1, 0.15) is 5.82 Å². The Morgan fingerprint density at radius 1 is 1.10 bits per heavy atom. The van der Waals surface area contributed by atoms with Crippen LogP contribution in [0.4, 0.5) is 0 Å². The van der Waals surface area contributed by atoms with E-state index in [-0.39, 0.29) is 11.8 Å². The molecule has 0 spiro atoms. The van der Waals surface area contributed by atoms with Crippen LogP contribution in [0.3, 0.4) is 0 Å². The van der Waals surface area contributed by atoms with Gasteiger partial charge in [0.05, 0.1) is 6.54 Å². The molecule has 1 aliphatic heterocycles. The Bertz CT molecular complexity index is 937. The molecule has 2 aliphatic rings. The molecule has 8 nitrogen and oxygen atoms in total. The summed E-state index contributed by atoms with van der Waals surface area (Å²) in [6.45, 7) is 2.33. The van der Waals surface area contributed by atoms with Gasteiger partial charge in [0.15, 0.2) is 5.82 Å². The predicted octanol–water partition coefficient (Wildman–Crippen LogP) is 2.20. The van der Waals surface area contributed by atoms with Crippen molar-refractivity contribution < 1.29 is 9.59 Å². The fourth-order valence-electron chi connectivity index (χ4n) is 4.20. The molecule has 3 heterocycles. The van der Waals surface area contributed by atoms with Crippen molar-refractivity contribution in [3.63, 3.8) is 0 Å². The second kappa shape index (κ2) is 10.3. The molecule has 2 aromatic heterocycles. The summed E-state index contributed by atoms with van der Waals surface area (Å²) in [5.74, 6) is 1.81. The third-order valence-corrected chi connectivity index (χ3v) is 6.03. The van der Waals surface area contributed by atoms with Crippen molar-refractivity contribution in [3.05, 3.63) is 53.4 Å². The Morgan fingerprint density at radius 2 is 2.03 bits per heavy atom.